The number of carbonyl (C=O) groups excluding carboxylic acids is 1. The van der Waals surface area contributed by atoms with Crippen molar-refractivity contribution in [1.29, 1.82) is 0 Å². The van der Waals surface area contributed by atoms with Crippen molar-refractivity contribution in [2.24, 2.45) is 5.41 Å². The summed E-state index contributed by atoms with van der Waals surface area (Å²) < 4.78 is 0. The molecule has 1 saturated heterocycles. The van der Waals surface area contributed by atoms with E-state index in [1.807, 2.05) is 32.9 Å². The molecule has 4 nitrogen and oxygen atoms in total. The van der Waals surface area contributed by atoms with Crippen LogP contribution in [0.5, 0.6) is 0 Å². The van der Waals surface area contributed by atoms with E-state index in [4.69, 9.17) is 0 Å². The first-order valence-corrected chi connectivity index (χ1v) is 8.12. The molecule has 0 radical (unpaired) electrons. The molecule has 2 rings (SSSR count). The number of hydrogen-bond acceptors (Lipinski definition) is 3. The van der Waals surface area contributed by atoms with Crippen molar-refractivity contribution in [3.8, 4) is 0 Å². The molecule has 22 heavy (non-hydrogen) atoms. The fourth-order valence-corrected chi connectivity index (χ4v) is 2.64. The zero-order valence-electron chi connectivity index (χ0n) is 13.9. The lowest BCUT2D eigenvalue weighted by Crippen LogP contribution is -2.36. The normalized spacial score (nSPS) is 17.5. The quantitative estimate of drug-likeness (QED) is 0.897. The van der Waals surface area contributed by atoms with Gasteiger partial charge in [0.2, 0.25) is 5.91 Å². The van der Waals surface area contributed by atoms with Crippen LogP contribution in [0.2, 0.25) is 0 Å². The van der Waals surface area contributed by atoms with Gasteiger partial charge >= 0.3 is 0 Å². The molecule has 4 heteroatoms. The van der Waals surface area contributed by atoms with Crippen LogP contribution < -0.4 is 5.32 Å². The molecule has 1 fully saturated rings. The number of rotatable bonds is 4. The van der Waals surface area contributed by atoms with E-state index >= 15 is 0 Å². The van der Waals surface area contributed by atoms with Gasteiger partial charge in [0.05, 0.1) is 6.10 Å². The van der Waals surface area contributed by atoms with Gasteiger partial charge in [-0.3, -0.25) is 9.69 Å². The number of likely N-dealkylation sites (tertiary alicyclic amines) is 1. The van der Waals surface area contributed by atoms with Crippen molar-refractivity contribution in [2.75, 3.05) is 13.1 Å². The van der Waals surface area contributed by atoms with Gasteiger partial charge in [-0.25, -0.2) is 0 Å². The van der Waals surface area contributed by atoms with Crippen molar-refractivity contribution in [2.45, 2.75) is 52.8 Å². The monoisotopic (exact) mass is 304 g/mol. The molecule has 1 aromatic rings. The van der Waals surface area contributed by atoms with E-state index in [0.717, 1.165) is 32.5 Å². The minimum absolute atomic E-state index is 0.0726. The second-order valence-corrected chi connectivity index (χ2v) is 7.21. The van der Waals surface area contributed by atoms with E-state index in [1.54, 1.807) is 0 Å². The average molecular weight is 304 g/mol. The second kappa shape index (κ2) is 7.25. The Balaban J connectivity index is 1.96. The number of piperidine rings is 1. The Morgan fingerprint density at radius 1 is 1.23 bits per heavy atom. The van der Waals surface area contributed by atoms with Gasteiger partial charge in [-0.2, -0.15) is 0 Å². The molecule has 122 valence electrons. The lowest BCUT2D eigenvalue weighted by atomic mass is 9.95. The molecule has 1 amide bonds. The largest absolute Gasteiger partial charge is 0.393 e. The Morgan fingerprint density at radius 2 is 1.82 bits per heavy atom. The Hall–Kier alpha value is -1.39. The van der Waals surface area contributed by atoms with Crippen LogP contribution in [0.1, 0.15) is 44.7 Å². The van der Waals surface area contributed by atoms with Crippen LogP contribution in [0.4, 0.5) is 0 Å². The van der Waals surface area contributed by atoms with E-state index in [-0.39, 0.29) is 17.4 Å². The maximum atomic E-state index is 12.0. The smallest absolute Gasteiger partial charge is 0.225 e. The third-order valence-electron chi connectivity index (χ3n) is 4.19. The summed E-state index contributed by atoms with van der Waals surface area (Å²) in [7, 11) is 0. The van der Waals surface area contributed by atoms with Crippen LogP contribution in [0, 0.1) is 5.41 Å². The Morgan fingerprint density at radius 3 is 2.41 bits per heavy atom. The molecule has 1 aliphatic rings. The van der Waals surface area contributed by atoms with Crippen LogP contribution in [0.25, 0.3) is 0 Å². The molecule has 1 aliphatic heterocycles. The number of benzene rings is 1. The van der Waals surface area contributed by atoms with Crippen LogP contribution in [0.15, 0.2) is 24.3 Å². The van der Waals surface area contributed by atoms with E-state index in [1.165, 1.54) is 11.1 Å². The Bertz CT molecular complexity index is 500. The number of aliphatic hydroxyl groups is 1. The number of nitrogens with one attached hydrogen (secondary N) is 1. The van der Waals surface area contributed by atoms with E-state index in [0.29, 0.717) is 6.54 Å². The summed E-state index contributed by atoms with van der Waals surface area (Å²) in [5.74, 6) is 0.0726. The molecule has 0 saturated carbocycles. The van der Waals surface area contributed by atoms with Gasteiger partial charge in [0.25, 0.3) is 0 Å². The number of carbonyl (C=O) groups is 1. The van der Waals surface area contributed by atoms with Crippen LogP contribution in [0.3, 0.4) is 0 Å². The highest BCUT2D eigenvalue weighted by Gasteiger charge is 2.21. The summed E-state index contributed by atoms with van der Waals surface area (Å²) in [4.78, 5) is 14.4. The highest BCUT2D eigenvalue weighted by Crippen LogP contribution is 2.17. The third-order valence-corrected chi connectivity index (χ3v) is 4.19. The minimum atomic E-state index is -0.363. The van der Waals surface area contributed by atoms with Crippen LogP contribution >= 0.6 is 0 Å². The Kier molecular flexibility index (Phi) is 5.59. The van der Waals surface area contributed by atoms with Gasteiger partial charge < -0.3 is 10.4 Å². The zero-order chi connectivity index (χ0) is 16.2. The lowest BCUT2D eigenvalue weighted by molar-refractivity contribution is -0.128. The first-order chi connectivity index (χ1) is 10.4. The van der Waals surface area contributed by atoms with Gasteiger partial charge in [-0.15, -0.1) is 0 Å². The summed E-state index contributed by atoms with van der Waals surface area (Å²) in [5, 5.41) is 12.6. The van der Waals surface area contributed by atoms with Crippen molar-refractivity contribution in [3.63, 3.8) is 0 Å². The van der Waals surface area contributed by atoms with Crippen molar-refractivity contribution in [3.05, 3.63) is 35.4 Å². The second-order valence-electron chi connectivity index (χ2n) is 7.21. The van der Waals surface area contributed by atoms with Crippen molar-refractivity contribution >= 4 is 5.91 Å². The fourth-order valence-electron chi connectivity index (χ4n) is 2.64. The summed E-state index contributed by atoms with van der Waals surface area (Å²) in [6, 6.07) is 8.27. The minimum Gasteiger partial charge on any atom is -0.393 e. The predicted octanol–water partition coefficient (Wildman–Crippen LogP) is 2.31. The maximum absolute atomic E-state index is 12.0. The van der Waals surface area contributed by atoms with E-state index < -0.39 is 0 Å². The molecule has 0 aromatic heterocycles. The topological polar surface area (TPSA) is 52.6 Å². The summed E-state index contributed by atoms with van der Waals surface area (Å²) in [5.41, 5.74) is 2.07. The Labute approximate surface area is 133 Å². The van der Waals surface area contributed by atoms with Gasteiger partial charge in [0.1, 0.15) is 0 Å². The number of amides is 1. The maximum Gasteiger partial charge on any atom is 0.225 e. The molecule has 0 atom stereocenters. The summed E-state index contributed by atoms with van der Waals surface area (Å²) >= 11 is 0. The third kappa shape index (κ3) is 4.82. The molecule has 0 bridgehead atoms. The molecule has 1 heterocycles. The number of aliphatic hydroxyl groups excluding tert-OH is 1. The highest BCUT2D eigenvalue weighted by molar-refractivity contribution is 5.81. The fraction of sp³-hybridized carbons (Fsp3) is 0.611. The van der Waals surface area contributed by atoms with Crippen molar-refractivity contribution in [1.82, 2.24) is 10.2 Å². The van der Waals surface area contributed by atoms with Gasteiger partial charge in [-0.1, -0.05) is 45.0 Å². The summed E-state index contributed by atoms with van der Waals surface area (Å²) in [6.07, 6.45) is 1.56. The van der Waals surface area contributed by atoms with Gasteiger partial charge in [-0.05, 0) is 24.0 Å². The van der Waals surface area contributed by atoms with Gasteiger partial charge in [0, 0.05) is 31.6 Å². The zero-order valence-corrected chi connectivity index (χ0v) is 13.9. The first kappa shape index (κ1) is 17.0. The molecule has 0 spiro atoms. The molecule has 0 unspecified atom stereocenters. The predicted molar refractivity (Wildman–Crippen MR) is 88.3 cm³/mol. The van der Waals surface area contributed by atoms with Crippen molar-refractivity contribution < 1.29 is 9.90 Å². The SMILES string of the molecule is CC(C)(C)C(=O)NCc1ccccc1CN1CCC(O)CC1. The van der Waals surface area contributed by atoms with Crippen LogP contribution in [-0.2, 0) is 17.9 Å². The molecule has 2 N–H and O–H groups in total. The average Bonchev–Trinajstić information content (AvgIpc) is 2.47. The number of hydrogen-bond donors (Lipinski definition) is 2. The molecular weight excluding hydrogens is 276 g/mol. The number of nitrogens with zero attached hydrogens (tertiary/aromatic N) is 1. The van der Waals surface area contributed by atoms with Gasteiger partial charge in [0.15, 0.2) is 0 Å². The lowest BCUT2D eigenvalue weighted by Gasteiger charge is -2.30. The molecular formula is C18H28N2O2. The van der Waals surface area contributed by atoms with E-state index in [9.17, 15) is 9.90 Å². The van der Waals surface area contributed by atoms with E-state index in [2.05, 4.69) is 22.3 Å². The summed E-state index contributed by atoms with van der Waals surface area (Å²) in [6.45, 7) is 9.10. The molecule has 0 aliphatic carbocycles. The molecule has 1 aromatic carbocycles. The first-order valence-electron chi connectivity index (χ1n) is 8.12. The highest BCUT2D eigenvalue weighted by atomic mass is 16.3. The van der Waals surface area contributed by atoms with Crippen LogP contribution in [-0.4, -0.2) is 35.1 Å². The standard InChI is InChI=1S/C18H28N2O2/c1-18(2,3)17(22)19-12-14-6-4-5-7-15(14)13-20-10-8-16(21)9-11-20/h4-7,16,21H,8-13H2,1-3H3,(H,19,22).